The predicted molar refractivity (Wildman–Crippen MR) is 193 cm³/mol. The van der Waals surface area contributed by atoms with Crippen LogP contribution in [0.3, 0.4) is 0 Å². The van der Waals surface area contributed by atoms with Crippen molar-refractivity contribution in [3.8, 4) is 0 Å². The molecule has 2 nitrogen and oxygen atoms in total. The van der Waals surface area contributed by atoms with E-state index in [1.54, 1.807) is 0 Å². The monoisotopic (exact) mass is 633 g/mol. The highest BCUT2D eigenvalue weighted by molar-refractivity contribution is 6.74. The normalized spacial score (nSPS) is 37.0. The van der Waals surface area contributed by atoms with Crippen molar-refractivity contribution in [2.24, 2.45) is 40.4 Å². The second-order valence-electron chi connectivity index (χ2n) is 17.1. The summed E-state index contributed by atoms with van der Waals surface area (Å²) in [5, 5.41) is 0. The molecule has 252 valence electrons. The van der Waals surface area contributed by atoms with E-state index in [0.717, 1.165) is 29.6 Å². The lowest BCUT2D eigenvalue weighted by Crippen LogP contribution is -2.55. The smallest absolute Gasteiger partial charge is 0.193 e. The second kappa shape index (κ2) is 15.5. The van der Waals surface area contributed by atoms with E-state index in [2.05, 4.69) is 62.3 Å². The molecule has 0 N–H and O–H groups in total. The van der Waals surface area contributed by atoms with Gasteiger partial charge in [-0.25, -0.2) is 0 Å². The molecular weight excluding hydrogens is 557 g/mol. The molecule has 0 radical (unpaired) electrons. The minimum absolute atomic E-state index is 0.459. The van der Waals surface area contributed by atoms with E-state index in [4.69, 9.17) is 8.85 Å². The van der Waals surface area contributed by atoms with Crippen LogP contribution in [0.1, 0.15) is 159 Å². The van der Waals surface area contributed by atoms with E-state index in [1.165, 1.54) is 133 Å². The number of hydrogen-bond acceptors (Lipinski definition) is 2. The minimum atomic E-state index is -1.63. The molecule has 4 saturated carbocycles. The second-order valence-corrected chi connectivity index (χ2v) is 25.3. The maximum atomic E-state index is 7.43. The Labute approximate surface area is 272 Å². The molecule has 4 fully saturated rings. The highest BCUT2D eigenvalue weighted by atomic mass is 28.4. The molecule has 0 aliphatic heterocycles. The molecule has 4 aliphatic carbocycles. The van der Waals surface area contributed by atoms with Crippen molar-refractivity contribution >= 4 is 16.6 Å². The van der Waals surface area contributed by atoms with E-state index in [9.17, 15) is 0 Å². The molecule has 0 aromatic carbocycles. The average Bonchev–Trinajstić information content (AvgIpc) is 3.31. The van der Waals surface area contributed by atoms with E-state index in [0.29, 0.717) is 23.0 Å². The molecule has 0 unspecified atom stereocenters. The fourth-order valence-electron chi connectivity index (χ4n) is 12.8. The lowest BCUT2D eigenvalue weighted by molar-refractivity contribution is -0.130. The maximum absolute atomic E-state index is 7.43. The summed E-state index contributed by atoms with van der Waals surface area (Å²) in [7, 11) is -3.22. The van der Waals surface area contributed by atoms with Crippen LogP contribution in [0, 0.1) is 40.4 Å². The van der Waals surface area contributed by atoms with Crippen molar-refractivity contribution in [3.63, 3.8) is 0 Å². The van der Waals surface area contributed by atoms with Crippen LogP contribution in [0.15, 0.2) is 0 Å². The van der Waals surface area contributed by atoms with Gasteiger partial charge in [0, 0.05) is 12.2 Å². The van der Waals surface area contributed by atoms with Crippen molar-refractivity contribution in [2.75, 3.05) is 0 Å². The van der Waals surface area contributed by atoms with Gasteiger partial charge in [-0.2, -0.15) is 0 Å². The largest absolute Gasteiger partial charge is 0.414 e. The van der Waals surface area contributed by atoms with Gasteiger partial charge in [0.05, 0.1) is 0 Å². The Morgan fingerprint density at radius 2 is 1.12 bits per heavy atom. The van der Waals surface area contributed by atoms with Crippen LogP contribution in [-0.2, 0) is 8.85 Å². The van der Waals surface area contributed by atoms with Gasteiger partial charge in [0.1, 0.15) is 0 Å². The van der Waals surface area contributed by atoms with E-state index in [1.807, 2.05) is 0 Å². The maximum Gasteiger partial charge on any atom is 0.193 e. The molecule has 0 aromatic heterocycles. The van der Waals surface area contributed by atoms with Crippen molar-refractivity contribution in [1.82, 2.24) is 0 Å². The van der Waals surface area contributed by atoms with Gasteiger partial charge in [0.15, 0.2) is 16.6 Å². The lowest BCUT2D eigenvalue weighted by atomic mass is 9.44. The first-order chi connectivity index (χ1) is 20.6. The molecule has 4 aliphatic rings. The van der Waals surface area contributed by atoms with Crippen LogP contribution >= 0.6 is 0 Å². The van der Waals surface area contributed by atoms with Gasteiger partial charge < -0.3 is 8.85 Å². The zero-order valence-corrected chi connectivity index (χ0v) is 32.7. The first-order valence-corrected chi connectivity index (χ1v) is 25.0. The zero-order valence-electron chi connectivity index (χ0n) is 30.7. The summed E-state index contributed by atoms with van der Waals surface area (Å²) in [5.41, 5.74) is 1.06. The first kappa shape index (κ1) is 36.2. The highest BCUT2D eigenvalue weighted by Crippen LogP contribution is 2.68. The zero-order chi connectivity index (χ0) is 31.3. The molecule has 4 rings (SSSR count). The van der Waals surface area contributed by atoms with Gasteiger partial charge in [-0.1, -0.05) is 93.9 Å². The average molecular weight is 633 g/mol. The van der Waals surface area contributed by atoms with Crippen LogP contribution in [0.2, 0.25) is 36.3 Å². The topological polar surface area (TPSA) is 18.5 Å². The summed E-state index contributed by atoms with van der Waals surface area (Å²) in [6.45, 7) is 22.4. The molecule has 43 heavy (non-hydrogen) atoms. The van der Waals surface area contributed by atoms with Crippen LogP contribution in [0.4, 0.5) is 0 Å². The highest BCUT2D eigenvalue weighted by Gasteiger charge is 2.61. The Kier molecular flexibility index (Phi) is 13.0. The Morgan fingerprint density at radius 1 is 0.605 bits per heavy atom. The summed E-state index contributed by atoms with van der Waals surface area (Å²) < 4.78 is 14.8. The van der Waals surface area contributed by atoms with E-state index < -0.39 is 16.6 Å². The molecule has 9 atom stereocenters. The van der Waals surface area contributed by atoms with Crippen LogP contribution in [0.25, 0.3) is 0 Å². The van der Waals surface area contributed by atoms with E-state index in [-0.39, 0.29) is 0 Å². The fraction of sp³-hybridized carbons (Fsp3) is 1.00. The van der Waals surface area contributed by atoms with Crippen LogP contribution < -0.4 is 0 Å². The molecular formula is C39H76O2Si2. The third kappa shape index (κ3) is 7.43. The van der Waals surface area contributed by atoms with Gasteiger partial charge in [-0.05, 0) is 141 Å². The van der Waals surface area contributed by atoms with Crippen molar-refractivity contribution in [2.45, 2.75) is 207 Å². The number of rotatable bonds is 17. The molecule has 0 spiro atoms. The van der Waals surface area contributed by atoms with Gasteiger partial charge in [-0.3, -0.25) is 0 Å². The summed E-state index contributed by atoms with van der Waals surface area (Å²) in [5.74, 6) is 4.54. The first-order valence-electron chi connectivity index (χ1n) is 19.9. The standard InChI is InChI=1S/C39H76O2Si2/c1-10-24-42(25-11-2,26-12-3)40-31(7)35-18-19-36-34-17-16-32-30-33(41-43(27-13-4,28-14-5)29-15-6)20-22-38(32,8)37(34)21-23-39(35,36)9/h31-37H,10-30H2,1-9H3/t31-,32-,33-,34-,35+,36-,37-,38-,39+/m0/s1. The van der Waals surface area contributed by atoms with Crippen LogP contribution in [0.5, 0.6) is 0 Å². The molecule has 4 heteroatoms. The number of fused-ring (bicyclic) bond motifs is 5. The van der Waals surface area contributed by atoms with Crippen molar-refractivity contribution in [3.05, 3.63) is 0 Å². The number of hydrogen-bond donors (Lipinski definition) is 0. The van der Waals surface area contributed by atoms with Gasteiger partial charge in [-0.15, -0.1) is 0 Å². The molecule has 0 amide bonds. The molecule has 0 aromatic rings. The Bertz CT molecular complexity index is 813. The van der Waals surface area contributed by atoms with Crippen molar-refractivity contribution < 1.29 is 8.85 Å². The quantitative estimate of drug-likeness (QED) is 0.149. The Morgan fingerprint density at radius 3 is 1.67 bits per heavy atom. The summed E-state index contributed by atoms with van der Waals surface area (Å²) in [4.78, 5) is 0. The third-order valence-electron chi connectivity index (χ3n) is 14.3. The minimum Gasteiger partial charge on any atom is -0.414 e. The van der Waals surface area contributed by atoms with Crippen molar-refractivity contribution in [1.29, 1.82) is 0 Å². The molecule has 0 bridgehead atoms. The lowest BCUT2D eigenvalue weighted by Gasteiger charge is -2.61. The molecule has 0 saturated heterocycles. The Hall–Kier alpha value is 0.354. The summed E-state index contributed by atoms with van der Waals surface area (Å²) in [6, 6.07) is 8.29. The van der Waals surface area contributed by atoms with Gasteiger partial charge in [0.25, 0.3) is 0 Å². The summed E-state index contributed by atoms with van der Waals surface area (Å²) in [6.07, 6.45) is 21.9. The van der Waals surface area contributed by atoms with Gasteiger partial charge in [0.2, 0.25) is 0 Å². The van der Waals surface area contributed by atoms with Gasteiger partial charge >= 0.3 is 0 Å². The Balaban J connectivity index is 1.45. The fourth-order valence-corrected chi connectivity index (χ4v) is 22.4. The predicted octanol–water partition coefficient (Wildman–Crippen LogP) is 12.8. The molecule has 0 heterocycles. The summed E-state index contributed by atoms with van der Waals surface area (Å²) >= 11 is 0. The third-order valence-corrected chi connectivity index (χ3v) is 24.5. The van der Waals surface area contributed by atoms with Crippen LogP contribution in [-0.4, -0.2) is 28.8 Å². The SMILES string of the molecule is CCC[Si](CCC)(CCC)O[C@H]1CC[C@@]2(C)[C@@H](CC[C@@H]3[C@@H]2CC[C@]2(C)[C@@H]([C@H](C)O[Si](CCC)(CCC)CCC)CC[C@@H]32)C1. The van der Waals surface area contributed by atoms with E-state index >= 15 is 0 Å².